The standard InChI is InChI=1S/C14H26N4/c1-3-11-6-5-7-12(10-11)14(17-15)13-8-9-16-18(13)4-2/h8-9,11-12,14,17H,3-7,10,15H2,1-2H3. The minimum absolute atomic E-state index is 0.252. The van der Waals surface area contributed by atoms with Gasteiger partial charge in [0.2, 0.25) is 0 Å². The molecule has 0 radical (unpaired) electrons. The summed E-state index contributed by atoms with van der Waals surface area (Å²) in [6.45, 7) is 5.33. The summed E-state index contributed by atoms with van der Waals surface area (Å²) in [5.74, 6) is 7.34. The van der Waals surface area contributed by atoms with Crippen molar-refractivity contribution in [2.75, 3.05) is 0 Å². The zero-order valence-electron chi connectivity index (χ0n) is 11.6. The number of nitrogens with zero attached hydrogens (tertiary/aromatic N) is 2. The maximum absolute atomic E-state index is 5.81. The van der Waals surface area contributed by atoms with Crippen LogP contribution in [0.1, 0.15) is 57.7 Å². The molecular formula is C14H26N4. The Morgan fingerprint density at radius 2 is 2.33 bits per heavy atom. The van der Waals surface area contributed by atoms with Crippen molar-refractivity contribution < 1.29 is 0 Å². The first-order valence-corrected chi connectivity index (χ1v) is 7.27. The molecule has 1 aliphatic carbocycles. The van der Waals surface area contributed by atoms with Crippen molar-refractivity contribution in [3.63, 3.8) is 0 Å². The molecule has 102 valence electrons. The SMILES string of the molecule is CCC1CCCC(C(NN)c2ccnn2CC)C1. The van der Waals surface area contributed by atoms with Crippen molar-refractivity contribution >= 4 is 0 Å². The minimum atomic E-state index is 0.252. The Hall–Kier alpha value is -0.870. The van der Waals surface area contributed by atoms with E-state index in [1.807, 2.05) is 6.20 Å². The Labute approximate surface area is 110 Å². The molecule has 1 saturated carbocycles. The van der Waals surface area contributed by atoms with Gasteiger partial charge in [-0.25, -0.2) is 0 Å². The third-order valence-corrected chi connectivity index (χ3v) is 4.42. The molecule has 0 aliphatic heterocycles. The zero-order chi connectivity index (χ0) is 13.0. The molecule has 3 N–H and O–H groups in total. The first kappa shape index (κ1) is 13.6. The van der Waals surface area contributed by atoms with E-state index in [1.165, 1.54) is 37.8 Å². The molecule has 18 heavy (non-hydrogen) atoms. The molecule has 1 aliphatic rings. The fourth-order valence-corrected chi connectivity index (χ4v) is 3.34. The van der Waals surface area contributed by atoms with Gasteiger partial charge in [0, 0.05) is 12.7 Å². The highest BCUT2D eigenvalue weighted by atomic mass is 15.3. The van der Waals surface area contributed by atoms with Gasteiger partial charge in [0.05, 0.1) is 11.7 Å². The van der Waals surface area contributed by atoms with Crippen molar-refractivity contribution in [1.29, 1.82) is 0 Å². The number of rotatable bonds is 5. The zero-order valence-corrected chi connectivity index (χ0v) is 11.6. The molecule has 3 unspecified atom stereocenters. The second kappa shape index (κ2) is 6.34. The van der Waals surface area contributed by atoms with Gasteiger partial charge in [-0.2, -0.15) is 5.10 Å². The minimum Gasteiger partial charge on any atom is -0.271 e. The van der Waals surface area contributed by atoms with Crippen molar-refractivity contribution in [3.05, 3.63) is 18.0 Å². The molecule has 0 saturated heterocycles. The van der Waals surface area contributed by atoms with Crippen molar-refractivity contribution in [1.82, 2.24) is 15.2 Å². The predicted molar refractivity (Wildman–Crippen MR) is 73.7 cm³/mol. The lowest BCUT2D eigenvalue weighted by Gasteiger charge is -2.34. The second-order valence-corrected chi connectivity index (χ2v) is 5.42. The van der Waals surface area contributed by atoms with Crippen LogP contribution in [0.5, 0.6) is 0 Å². The molecule has 1 aromatic heterocycles. The van der Waals surface area contributed by atoms with Crippen LogP contribution in [-0.2, 0) is 6.54 Å². The maximum Gasteiger partial charge on any atom is 0.0657 e. The van der Waals surface area contributed by atoms with E-state index in [0.29, 0.717) is 5.92 Å². The van der Waals surface area contributed by atoms with E-state index in [9.17, 15) is 0 Å². The predicted octanol–water partition coefficient (Wildman–Crippen LogP) is 2.62. The van der Waals surface area contributed by atoms with Crippen LogP contribution in [0.2, 0.25) is 0 Å². The number of hydrogen-bond donors (Lipinski definition) is 2. The Kier molecular flexibility index (Phi) is 4.78. The van der Waals surface area contributed by atoms with Gasteiger partial charge in [-0.05, 0) is 37.7 Å². The normalized spacial score (nSPS) is 26.2. The molecule has 1 fully saturated rings. The lowest BCUT2D eigenvalue weighted by atomic mass is 9.76. The molecule has 4 nitrogen and oxygen atoms in total. The fourth-order valence-electron chi connectivity index (χ4n) is 3.34. The van der Waals surface area contributed by atoms with E-state index in [4.69, 9.17) is 5.84 Å². The molecule has 1 heterocycles. The van der Waals surface area contributed by atoms with Gasteiger partial charge in [-0.1, -0.05) is 26.2 Å². The summed E-state index contributed by atoms with van der Waals surface area (Å²) in [6, 6.07) is 2.35. The molecule has 1 aromatic rings. The largest absolute Gasteiger partial charge is 0.271 e. The third-order valence-electron chi connectivity index (χ3n) is 4.42. The highest BCUT2D eigenvalue weighted by molar-refractivity contribution is 5.09. The molecule has 0 bridgehead atoms. The Morgan fingerprint density at radius 3 is 3.00 bits per heavy atom. The first-order valence-electron chi connectivity index (χ1n) is 7.27. The fraction of sp³-hybridized carbons (Fsp3) is 0.786. The van der Waals surface area contributed by atoms with E-state index in [1.54, 1.807) is 0 Å². The third kappa shape index (κ3) is 2.75. The summed E-state index contributed by atoms with van der Waals surface area (Å²) in [4.78, 5) is 0. The van der Waals surface area contributed by atoms with Crippen LogP contribution in [0, 0.1) is 11.8 Å². The van der Waals surface area contributed by atoms with Crippen LogP contribution in [0.15, 0.2) is 12.3 Å². The lowest BCUT2D eigenvalue weighted by Crippen LogP contribution is -2.37. The summed E-state index contributed by atoms with van der Waals surface area (Å²) in [6.07, 6.45) is 8.46. The van der Waals surface area contributed by atoms with Gasteiger partial charge in [0.15, 0.2) is 0 Å². The lowest BCUT2D eigenvalue weighted by molar-refractivity contribution is 0.204. The topological polar surface area (TPSA) is 55.9 Å². The molecular weight excluding hydrogens is 224 g/mol. The average Bonchev–Trinajstić information content (AvgIpc) is 2.88. The van der Waals surface area contributed by atoms with Crippen molar-refractivity contribution in [2.24, 2.45) is 17.7 Å². The monoisotopic (exact) mass is 250 g/mol. The molecule has 4 heteroatoms. The Morgan fingerprint density at radius 1 is 1.50 bits per heavy atom. The molecule has 0 amide bonds. The van der Waals surface area contributed by atoms with Gasteiger partial charge in [0.1, 0.15) is 0 Å². The van der Waals surface area contributed by atoms with E-state index in [-0.39, 0.29) is 6.04 Å². The number of nitrogens with one attached hydrogen (secondary N) is 1. The highest BCUT2D eigenvalue weighted by Gasteiger charge is 2.29. The van der Waals surface area contributed by atoms with Crippen LogP contribution >= 0.6 is 0 Å². The molecule has 2 rings (SSSR count). The Balaban J connectivity index is 2.13. The average molecular weight is 250 g/mol. The summed E-state index contributed by atoms with van der Waals surface area (Å²) in [5, 5.41) is 4.36. The quantitative estimate of drug-likeness (QED) is 0.624. The van der Waals surface area contributed by atoms with Crippen LogP contribution < -0.4 is 11.3 Å². The second-order valence-electron chi connectivity index (χ2n) is 5.42. The number of hydrazine groups is 1. The van der Waals surface area contributed by atoms with E-state index in [2.05, 4.69) is 35.1 Å². The maximum atomic E-state index is 5.81. The molecule has 3 atom stereocenters. The van der Waals surface area contributed by atoms with E-state index in [0.717, 1.165) is 12.5 Å². The first-order chi connectivity index (χ1) is 8.80. The molecule has 0 spiro atoms. The van der Waals surface area contributed by atoms with Gasteiger partial charge in [-0.3, -0.25) is 16.0 Å². The van der Waals surface area contributed by atoms with E-state index < -0.39 is 0 Å². The van der Waals surface area contributed by atoms with Gasteiger partial charge in [-0.15, -0.1) is 0 Å². The summed E-state index contributed by atoms with van der Waals surface area (Å²) in [7, 11) is 0. The van der Waals surface area contributed by atoms with Crippen LogP contribution in [0.4, 0.5) is 0 Å². The van der Waals surface area contributed by atoms with Gasteiger partial charge < -0.3 is 0 Å². The number of aryl methyl sites for hydroxylation is 1. The Bertz CT molecular complexity index is 360. The van der Waals surface area contributed by atoms with E-state index >= 15 is 0 Å². The van der Waals surface area contributed by atoms with Crippen LogP contribution in [0.25, 0.3) is 0 Å². The highest BCUT2D eigenvalue weighted by Crippen LogP contribution is 2.37. The van der Waals surface area contributed by atoms with Crippen LogP contribution in [0.3, 0.4) is 0 Å². The van der Waals surface area contributed by atoms with Gasteiger partial charge in [0.25, 0.3) is 0 Å². The molecule has 0 aromatic carbocycles. The summed E-state index contributed by atoms with van der Waals surface area (Å²) in [5.41, 5.74) is 4.27. The number of aromatic nitrogens is 2. The number of nitrogens with two attached hydrogens (primary N) is 1. The van der Waals surface area contributed by atoms with Crippen LogP contribution in [-0.4, -0.2) is 9.78 Å². The van der Waals surface area contributed by atoms with Gasteiger partial charge >= 0.3 is 0 Å². The smallest absolute Gasteiger partial charge is 0.0657 e. The van der Waals surface area contributed by atoms with Crippen molar-refractivity contribution in [3.8, 4) is 0 Å². The summed E-state index contributed by atoms with van der Waals surface area (Å²) < 4.78 is 2.06. The number of hydrogen-bond acceptors (Lipinski definition) is 3. The van der Waals surface area contributed by atoms with Crippen molar-refractivity contribution in [2.45, 2.75) is 58.5 Å². The summed E-state index contributed by atoms with van der Waals surface area (Å²) >= 11 is 0.